The van der Waals surface area contributed by atoms with Crippen molar-refractivity contribution in [3.8, 4) is 0 Å². The lowest BCUT2D eigenvalue weighted by atomic mass is 10.2. The minimum atomic E-state index is -3.61. The Balaban J connectivity index is 2.05. The first-order valence-electron chi connectivity index (χ1n) is 6.67. The second kappa shape index (κ2) is 7.12. The molecule has 0 aliphatic rings. The predicted octanol–water partition coefficient (Wildman–Crippen LogP) is 0.805. The van der Waals surface area contributed by atoms with Gasteiger partial charge in [0.15, 0.2) is 5.03 Å². The first-order valence-corrected chi connectivity index (χ1v) is 9.03. The molecule has 7 nitrogen and oxygen atoms in total. The van der Waals surface area contributed by atoms with Crippen molar-refractivity contribution in [1.29, 1.82) is 0 Å². The number of nitrogens with zero attached hydrogens (tertiary/aromatic N) is 2. The highest BCUT2D eigenvalue weighted by Gasteiger charge is 2.23. The van der Waals surface area contributed by atoms with E-state index >= 15 is 0 Å². The Morgan fingerprint density at radius 3 is 2.90 bits per heavy atom. The summed E-state index contributed by atoms with van der Waals surface area (Å²) in [6, 6.07) is 0. The molecule has 2 heterocycles. The highest BCUT2D eigenvalue weighted by molar-refractivity contribution is 7.89. The zero-order valence-corrected chi connectivity index (χ0v) is 13.6. The molecule has 3 N–H and O–H groups in total. The van der Waals surface area contributed by atoms with Crippen molar-refractivity contribution < 1.29 is 8.42 Å². The highest BCUT2D eigenvalue weighted by atomic mass is 32.2. The minimum Gasteiger partial charge on any atom is -0.313 e. The maximum atomic E-state index is 12.3. The summed E-state index contributed by atoms with van der Waals surface area (Å²) in [4.78, 5) is 4.12. The third-order valence-corrected chi connectivity index (χ3v) is 5.23. The van der Waals surface area contributed by atoms with Crippen LogP contribution in [-0.4, -0.2) is 36.7 Å². The number of hydrogen-bond acceptors (Lipinski definition) is 6. The van der Waals surface area contributed by atoms with Gasteiger partial charge in [-0.3, -0.25) is 5.10 Å². The fraction of sp³-hybridized carbons (Fsp3) is 0.500. The van der Waals surface area contributed by atoms with E-state index in [0.29, 0.717) is 25.1 Å². The van der Waals surface area contributed by atoms with Gasteiger partial charge in [-0.1, -0.05) is 6.92 Å². The van der Waals surface area contributed by atoms with Gasteiger partial charge in [-0.15, -0.1) is 11.3 Å². The Kier molecular flexibility index (Phi) is 5.45. The molecule has 0 amide bonds. The molecule has 0 saturated heterocycles. The van der Waals surface area contributed by atoms with Crippen molar-refractivity contribution in [3.05, 3.63) is 27.8 Å². The van der Waals surface area contributed by atoms with Crippen molar-refractivity contribution >= 4 is 21.4 Å². The van der Waals surface area contributed by atoms with Crippen LogP contribution in [0.15, 0.2) is 16.6 Å². The summed E-state index contributed by atoms with van der Waals surface area (Å²) in [6.07, 6.45) is 2.28. The summed E-state index contributed by atoms with van der Waals surface area (Å²) in [5, 5.41) is 12.6. The van der Waals surface area contributed by atoms with Gasteiger partial charge >= 0.3 is 0 Å². The maximum Gasteiger partial charge on any atom is 0.260 e. The Labute approximate surface area is 128 Å². The molecule has 2 rings (SSSR count). The van der Waals surface area contributed by atoms with Crippen LogP contribution >= 0.6 is 11.3 Å². The molecule has 116 valence electrons. The van der Waals surface area contributed by atoms with Crippen molar-refractivity contribution in [1.82, 2.24) is 25.2 Å². The summed E-state index contributed by atoms with van der Waals surface area (Å²) in [5.41, 5.74) is 1.44. The Hall–Kier alpha value is -1.29. The van der Waals surface area contributed by atoms with Gasteiger partial charge in [-0.2, -0.15) is 5.10 Å². The number of rotatable bonds is 8. The second-order valence-corrected chi connectivity index (χ2v) is 7.15. The summed E-state index contributed by atoms with van der Waals surface area (Å²) in [5.74, 6) is 0. The van der Waals surface area contributed by atoms with Gasteiger partial charge in [-0.25, -0.2) is 18.1 Å². The molecule has 0 aliphatic heterocycles. The summed E-state index contributed by atoms with van der Waals surface area (Å²) in [7, 11) is -3.61. The van der Waals surface area contributed by atoms with Gasteiger partial charge < -0.3 is 5.32 Å². The standard InChI is InChI=1S/C12H19N5O2S2/c1-3-13-8-10-9(2)16-17-12(10)21(18,19)15-5-4-11-14-6-7-20-11/h6-7,13,15H,3-5,8H2,1-2H3,(H,16,17). The predicted molar refractivity (Wildman–Crippen MR) is 81.7 cm³/mol. The van der Waals surface area contributed by atoms with Gasteiger partial charge in [0.2, 0.25) is 0 Å². The quantitative estimate of drug-likeness (QED) is 0.665. The second-order valence-electron chi connectivity index (χ2n) is 4.49. The average Bonchev–Trinajstić information content (AvgIpc) is 3.06. The molecule has 0 aliphatic carbocycles. The van der Waals surface area contributed by atoms with Gasteiger partial charge in [0.1, 0.15) is 0 Å². The molecule has 0 aromatic carbocycles. The summed E-state index contributed by atoms with van der Waals surface area (Å²) < 4.78 is 27.2. The van der Waals surface area contributed by atoms with Crippen LogP contribution in [-0.2, 0) is 23.0 Å². The van der Waals surface area contributed by atoms with Gasteiger partial charge in [0.05, 0.1) is 5.01 Å². The number of thiazole rings is 1. The molecule has 2 aromatic rings. The lowest BCUT2D eigenvalue weighted by Gasteiger charge is -2.07. The summed E-state index contributed by atoms with van der Waals surface area (Å²) >= 11 is 1.51. The Bertz CT molecular complexity index is 664. The largest absolute Gasteiger partial charge is 0.313 e. The zero-order valence-electron chi connectivity index (χ0n) is 12.0. The molecule has 0 atom stereocenters. The topological polar surface area (TPSA) is 99.8 Å². The molecule has 0 bridgehead atoms. The maximum absolute atomic E-state index is 12.3. The molecule has 9 heteroatoms. The minimum absolute atomic E-state index is 0.0695. The van der Waals surface area contributed by atoms with E-state index in [-0.39, 0.29) is 5.03 Å². The normalized spacial score (nSPS) is 11.9. The fourth-order valence-corrected chi connectivity index (χ4v) is 3.69. The Morgan fingerprint density at radius 1 is 1.43 bits per heavy atom. The lowest BCUT2D eigenvalue weighted by molar-refractivity contribution is 0.574. The van der Waals surface area contributed by atoms with Crippen LogP contribution in [0.1, 0.15) is 23.2 Å². The van der Waals surface area contributed by atoms with Crippen LogP contribution < -0.4 is 10.0 Å². The zero-order chi connectivity index (χ0) is 15.3. The average molecular weight is 329 g/mol. The SMILES string of the molecule is CCNCc1c(S(=O)(=O)NCCc2nccs2)n[nH]c1C. The van der Waals surface area contributed by atoms with E-state index in [1.807, 2.05) is 19.2 Å². The molecule has 0 unspecified atom stereocenters. The molecule has 0 spiro atoms. The van der Waals surface area contributed by atoms with Gasteiger partial charge in [-0.05, 0) is 13.5 Å². The van der Waals surface area contributed by atoms with E-state index in [0.717, 1.165) is 17.2 Å². The highest BCUT2D eigenvalue weighted by Crippen LogP contribution is 2.16. The first kappa shape index (κ1) is 16.1. The van der Waals surface area contributed by atoms with Crippen molar-refractivity contribution in [2.45, 2.75) is 31.8 Å². The van der Waals surface area contributed by atoms with Gasteiger partial charge in [0, 0.05) is 42.3 Å². The van der Waals surface area contributed by atoms with Crippen molar-refractivity contribution in [3.63, 3.8) is 0 Å². The van der Waals surface area contributed by atoms with Crippen LogP contribution in [0.25, 0.3) is 0 Å². The molecule has 0 saturated carbocycles. The molecule has 21 heavy (non-hydrogen) atoms. The number of aryl methyl sites for hydroxylation is 1. The summed E-state index contributed by atoms with van der Waals surface area (Å²) in [6.45, 7) is 5.33. The van der Waals surface area contributed by atoms with Crippen molar-refractivity contribution in [2.75, 3.05) is 13.1 Å². The van der Waals surface area contributed by atoms with E-state index in [4.69, 9.17) is 0 Å². The van der Waals surface area contributed by atoms with E-state index < -0.39 is 10.0 Å². The van der Waals surface area contributed by atoms with Crippen LogP contribution in [0.5, 0.6) is 0 Å². The first-order chi connectivity index (χ1) is 10.0. The third-order valence-electron chi connectivity index (χ3n) is 2.96. The number of hydrogen-bond donors (Lipinski definition) is 3. The lowest BCUT2D eigenvalue weighted by Crippen LogP contribution is -2.28. The van der Waals surface area contributed by atoms with Crippen molar-refractivity contribution in [2.24, 2.45) is 0 Å². The fourth-order valence-electron chi connectivity index (χ4n) is 1.85. The van der Waals surface area contributed by atoms with Gasteiger partial charge in [0.25, 0.3) is 10.0 Å². The monoisotopic (exact) mass is 329 g/mol. The molecular weight excluding hydrogens is 310 g/mol. The smallest absolute Gasteiger partial charge is 0.260 e. The number of aromatic nitrogens is 3. The molecule has 2 aromatic heterocycles. The number of H-pyrrole nitrogens is 1. The van der Waals surface area contributed by atoms with E-state index in [2.05, 4.69) is 25.2 Å². The van der Waals surface area contributed by atoms with Crippen LogP contribution in [0.4, 0.5) is 0 Å². The number of sulfonamides is 1. The van der Waals surface area contributed by atoms with Crippen LogP contribution in [0.2, 0.25) is 0 Å². The van der Waals surface area contributed by atoms with Crippen LogP contribution in [0.3, 0.4) is 0 Å². The van der Waals surface area contributed by atoms with Crippen LogP contribution in [0, 0.1) is 6.92 Å². The Morgan fingerprint density at radius 2 is 2.24 bits per heavy atom. The van der Waals surface area contributed by atoms with E-state index in [9.17, 15) is 8.42 Å². The third kappa shape index (κ3) is 4.10. The number of aromatic amines is 1. The molecular formula is C12H19N5O2S2. The van der Waals surface area contributed by atoms with E-state index in [1.165, 1.54) is 11.3 Å². The molecule has 0 radical (unpaired) electrons. The molecule has 0 fully saturated rings. The number of nitrogens with one attached hydrogen (secondary N) is 3. The van der Waals surface area contributed by atoms with E-state index in [1.54, 1.807) is 6.20 Å².